The zero-order chi connectivity index (χ0) is 26.7. The number of aromatic nitrogens is 1. The predicted molar refractivity (Wildman–Crippen MR) is 146 cm³/mol. The summed E-state index contributed by atoms with van der Waals surface area (Å²) in [7, 11) is -2.12. The topological polar surface area (TPSA) is 112 Å². The summed E-state index contributed by atoms with van der Waals surface area (Å²) in [6, 6.07) is 22.4. The van der Waals surface area contributed by atoms with Gasteiger partial charge in [-0.1, -0.05) is 59.2 Å². The Morgan fingerprint density at radius 3 is 2.05 bits per heavy atom. The first-order valence-corrected chi connectivity index (χ1v) is 13.5. The Hall–Kier alpha value is -3.59. The van der Waals surface area contributed by atoms with Gasteiger partial charge in [-0.3, -0.25) is 4.79 Å². The predicted octanol–water partition coefficient (Wildman–Crippen LogP) is 5.69. The number of aryl methyl sites for hydroxylation is 2. The number of primary sulfonamides is 1. The van der Waals surface area contributed by atoms with E-state index in [2.05, 4.69) is 5.18 Å². The molecule has 0 aliphatic rings. The number of benzene rings is 3. The average molecular weight is 536 g/mol. The fraction of sp³-hybridized carbons (Fsp3) is 0.179. The fourth-order valence-corrected chi connectivity index (χ4v) is 5.24. The van der Waals surface area contributed by atoms with Gasteiger partial charge in [-0.05, 0) is 77.1 Å². The van der Waals surface area contributed by atoms with Crippen molar-refractivity contribution in [3.8, 4) is 11.1 Å². The number of rotatable bonds is 8. The fourth-order valence-electron chi connectivity index (χ4n) is 4.49. The normalized spacial score (nSPS) is 13.2. The van der Waals surface area contributed by atoms with Gasteiger partial charge in [-0.15, -0.1) is 0 Å². The lowest BCUT2D eigenvalue weighted by Gasteiger charge is -2.23. The number of nitroso groups, excluding NO2 is 1. The van der Waals surface area contributed by atoms with Crippen LogP contribution in [0.2, 0.25) is 5.02 Å². The maximum absolute atomic E-state index is 12.0. The van der Waals surface area contributed by atoms with Gasteiger partial charge in [0.15, 0.2) is 0 Å². The molecule has 0 aliphatic carbocycles. The molecule has 3 aromatic carbocycles. The molecule has 1 heterocycles. The van der Waals surface area contributed by atoms with Crippen LogP contribution in [-0.2, 0) is 17.1 Å². The van der Waals surface area contributed by atoms with Gasteiger partial charge in [0.1, 0.15) is 6.04 Å². The Morgan fingerprint density at radius 2 is 1.51 bits per heavy atom. The van der Waals surface area contributed by atoms with Crippen molar-refractivity contribution in [2.24, 2.45) is 17.4 Å². The third-order valence-electron chi connectivity index (χ3n) is 6.52. The Bertz CT molecular complexity index is 1600. The molecule has 1 aromatic heterocycles. The molecule has 9 heteroatoms. The molecule has 0 radical (unpaired) electrons. The van der Waals surface area contributed by atoms with Crippen LogP contribution in [-0.4, -0.2) is 13.0 Å². The number of nitrogens with two attached hydrogens (primary N) is 1. The minimum absolute atomic E-state index is 0.0527. The maximum atomic E-state index is 12.0. The number of hydrogen-bond acceptors (Lipinski definition) is 5. The van der Waals surface area contributed by atoms with Crippen LogP contribution in [0.1, 0.15) is 40.6 Å². The second kappa shape index (κ2) is 10.8. The Labute approximate surface area is 220 Å². The second-order valence-electron chi connectivity index (χ2n) is 9.01. The highest BCUT2D eigenvalue weighted by Gasteiger charge is 2.24. The molecule has 2 unspecified atom stereocenters. The van der Waals surface area contributed by atoms with E-state index in [-0.39, 0.29) is 16.4 Å². The van der Waals surface area contributed by atoms with Crippen LogP contribution in [0.3, 0.4) is 0 Å². The van der Waals surface area contributed by atoms with E-state index in [1.54, 1.807) is 31.4 Å². The Morgan fingerprint density at radius 1 is 0.919 bits per heavy atom. The first-order chi connectivity index (χ1) is 17.6. The molecule has 0 spiro atoms. The van der Waals surface area contributed by atoms with E-state index < -0.39 is 16.1 Å². The van der Waals surface area contributed by atoms with Gasteiger partial charge in [-0.2, -0.15) is 4.91 Å². The molecule has 0 bridgehead atoms. The van der Waals surface area contributed by atoms with Gasteiger partial charge in [0.05, 0.1) is 4.90 Å². The van der Waals surface area contributed by atoms with Gasteiger partial charge in [0, 0.05) is 30.3 Å². The SMILES string of the molecule is Cc1cc(Cl)ccc1C(CC(N=O)c1ccc(=O)n(C)c1)c1ccc(-c2ccc(S(N)(=O)=O)cc2)cc1. The summed E-state index contributed by atoms with van der Waals surface area (Å²) in [5.74, 6) is -0.170. The molecule has 190 valence electrons. The summed E-state index contributed by atoms with van der Waals surface area (Å²) in [6.45, 7) is 1.98. The lowest BCUT2D eigenvalue weighted by Crippen LogP contribution is -2.16. The highest BCUT2D eigenvalue weighted by Crippen LogP contribution is 2.38. The quantitative estimate of drug-likeness (QED) is 0.292. The molecule has 7 nitrogen and oxygen atoms in total. The molecule has 4 rings (SSSR count). The third kappa shape index (κ3) is 6.05. The van der Waals surface area contributed by atoms with E-state index in [9.17, 15) is 18.1 Å². The van der Waals surface area contributed by atoms with E-state index >= 15 is 0 Å². The number of hydrogen-bond donors (Lipinski definition) is 1. The lowest BCUT2D eigenvalue weighted by molar-refractivity contribution is 0.587. The zero-order valence-corrected chi connectivity index (χ0v) is 21.9. The van der Waals surface area contributed by atoms with Crippen molar-refractivity contribution in [1.82, 2.24) is 4.57 Å². The third-order valence-corrected chi connectivity index (χ3v) is 7.68. The summed E-state index contributed by atoms with van der Waals surface area (Å²) >= 11 is 6.21. The van der Waals surface area contributed by atoms with Gasteiger partial charge in [0.2, 0.25) is 15.6 Å². The van der Waals surface area contributed by atoms with Gasteiger partial charge in [0.25, 0.3) is 0 Å². The molecule has 0 aliphatic heterocycles. The highest BCUT2D eigenvalue weighted by molar-refractivity contribution is 7.89. The smallest absolute Gasteiger partial charge is 0.250 e. The van der Waals surface area contributed by atoms with Crippen LogP contribution in [0, 0.1) is 11.8 Å². The largest absolute Gasteiger partial charge is 0.318 e. The van der Waals surface area contributed by atoms with E-state index in [1.165, 1.54) is 22.8 Å². The molecular formula is C28H26ClN3O4S. The molecule has 2 atom stereocenters. The number of sulfonamides is 1. The zero-order valence-electron chi connectivity index (χ0n) is 20.3. The van der Waals surface area contributed by atoms with Gasteiger partial charge in [-0.25, -0.2) is 13.6 Å². The Kier molecular flexibility index (Phi) is 7.73. The van der Waals surface area contributed by atoms with E-state index in [0.717, 1.165) is 27.8 Å². The van der Waals surface area contributed by atoms with Crippen LogP contribution in [0.4, 0.5) is 0 Å². The van der Waals surface area contributed by atoms with Crippen molar-refractivity contribution in [3.63, 3.8) is 0 Å². The van der Waals surface area contributed by atoms with E-state index in [0.29, 0.717) is 17.0 Å². The highest BCUT2D eigenvalue weighted by atomic mass is 35.5. The van der Waals surface area contributed by atoms with Crippen LogP contribution in [0.15, 0.2) is 99.9 Å². The van der Waals surface area contributed by atoms with Crippen molar-refractivity contribution in [3.05, 3.63) is 128 Å². The first-order valence-electron chi connectivity index (χ1n) is 11.5. The molecule has 0 saturated carbocycles. The average Bonchev–Trinajstić information content (AvgIpc) is 2.87. The van der Waals surface area contributed by atoms with Crippen molar-refractivity contribution in [1.29, 1.82) is 0 Å². The standard InChI is InChI=1S/C28H26ClN3O4S/c1-18-15-23(29)10-13-25(18)26(16-27(31-34)22-9-14-28(33)32(2)17-22)21-5-3-19(4-6-21)20-7-11-24(12-8-20)37(30,35)36/h3-15,17,26-27H,16H2,1-2H3,(H2,30,35,36). The molecule has 0 amide bonds. The second-order valence-corrected chi connectivity index (χ2v) is 11.0. The number of halogens is 1. The minimum atomic E-state index is -3.76. The van der Waals surface area contributed by atoms with Crippen molar-refractivity contribution < 1.29 is 8.42 Å². The first kappa shape index (κ1) is 26.5. The molecular weight excluding hydrogens is 510 g/mol. The minimum Gasteiger partial charge on any atom is -0.318 e. The summed E-state index contributed by atoms with van der Waals surface area (Å²) in [5, 5.41) is 9.24. The van der Waals surface area contributed by atoms with Crippen LogP contribution < -0.4 is 10.7 Å². The van der Waals surface area contributed by atoms with E-state index in [1.807, 2.05) is 49.4 Å². The summed E-state index contributed by atoms with van der Waals surface area (Å²) in [4.78, 5) is 23.9. The van der Waals surface area contributed by atoms with E-state index in [4.69, 9.17) is 16.7 Å². The van der Waals surface area contributed by atoms with Crippen LogP contribution in [0.25, 0.3) is 11.1 Å². The summed E-state index contributed by atoms with van der Waals surface area (Å²) in [5.41, 5.74) is 5.24. The molecule has 2 N–H and O–H groups in total. The summed E-state index contributed by atoms with van der Waals surface area (Å²) in [6.07, 6.45) is 2.04. The summed E-state index contributed by atoms with van der Waals surface area (Å²) < 4.78 is 24.6. The van der Waals surface area contributed by atoms with Crippen molar-refractivity contribution in [2.45, 2.75) is 30.2 Å². The van der Waals surface area contributed by atoms with Gasteiger partial charge < -0.3 is 4.57 Å². The van der Waals surface area contributed by atoms with Crippen LogP contribution in [0.5, 0.6) is 0 Å². The molecule has 37 heavy (non-hydrogen) atoms. The van der Waals surface area contributed by atoms with Crippen molar-refractivity contribution in [2.75, 3.05) is 0 Å². The molecule has 0 fully saturated rings. The van der Waals surface area contributed by atoms with Crippen LogP contribution >= 0.6 is 11.6 Å². The maximum Gasteiger partial charge on any atom is 0.250 e. The molecule has 4 aromatic rings. The Balaban J connectivity index is 1.71. The van der Waals surface area contributed by atoms with Crippen molar-refractivity contribution >= 4 is 21.6 Å². The molecule has 0 saturated heterocycles. The monoisotopic (exact) mass is 535 g/mol. The lowest BCUT2D eigenvalue weighted by atomic mass is 9.82. The van der Waals surface area contributed by atoms with Gasteiger partial charge >= 0.3 is 0 Å². The number of pyridine rings is 1. The number of nitrogens with zero attached hydrogens (tertiary/aromatic N) is 2.